The SMILES string of the molecule is CC(C)(C)OC(=O)NC1CCN(c2nccnc2Cl)C1.CC(C)(C)OC(=O)NC1CCN(c2nccnc2OCc2ccncc2)C1.CC(C)(C)OC(=O)NC1CCNC1.Clc1nccnc1Cl.NC1CCN(c2nccnc2OCc2ccncc2)C1.O=C(Nc1cccc(C(F)(F)F)c1)NC1CCN(c2nccnc2OCc2ccncc2)C1.O=C=Nc1cccc(C(F)(F)F)c1.OCc1ccncc1. The molecule has 9 aromatic heterocycles. The van der Waals surface area contributed by atoms with Crippen LogP contribution in [0.15, 0.2) is 214 Å². The van der Waals surface area contributed by atoms with Crippen molar-refractivity contribution in [2.75, 3.05) is 90.4 Å². The molecule has 5 saturated heterocycles. The van der Waals surface area contributed by atoms with Gasteiger partial charge < -0.3 is 90.8 Å². The van der Waals surface area contributed by atoms with Gasteiger partial charge in [-0.05, 0) is 208 Å². The fourth-order valence-electron chi connectivity index (χ4n) is 13.4. The van der Waals surface area contributed by atoms with Crippen LogP contribution >= 0.6 is 34.8 Å². The lowest BCUT2D eigenvalue weighted by molar-refractivity contribution is -0.138. The minimum Gasteiger partial charge on any atom is -0.470 e. The van der Waals surface area contributed by atoms with E-state index < -0.39 is 58.5 Å². The number of aromatic nitrogens is 14. The first-order chi connectivity index (χ1) is 67.7. The summed E-state index contributed by atoms with van der Waals surface area (Å²) < 4.78 is 108. The number of hydrogen-bond acceptors (Lipinski definition) is 33. The van der Waals surface area contributed by atoms with Crippen LogP contribution in [0.4, 0.5) is 80.2 Å². The van der Waals surface area contributed by atoms with Gasteiger partial charge in [0, 0.05) is 194 Å². The van der Waals surface area contributed by atoms with E-state index in [0.29, 0.717) is 92.7 Å². The summed E-state index contributed by atoms with van der Waals surface area (Å²) in [7, 11) is 0. The molecule has 11 aromatic rings. The van der Waals surface area contributed by atoms with E-state index in [2.05, 4.69) is 116 Å². The van der Waals surface area contributed by atoms with Crippen LogP contribution in [0.2, 0.25) is 15.5 Å². The van der Waals surface area contributed by atoms with Crippen molar-refractivity contribution in [3.05, 3.63) is 257 Å². The molecule has 5 fully saturated rings. The van der Waals surface area contributed by atoms with Crippen LogP contribution in [-0.2, 0) is 57.8 Å². The number of pyridine rings is 4. The molecule has 38 nitrogen and oxygen atoms in total. The second kappa shape index (κ2) is 55.7. The number of isocyanates is 1. The number of nitrogens with one attached hydrogen (secondary N) is 6. The third kappa shape index (κ3) is 40.9. The Labute approximate surface area is 832 Å². The van der Waals surface area contributed by atoms with Gasteiger partial charge in [0.15, 0.2) is 38.7 Å². The van der Waals surface area contributed by atoms with E-state index in [-0.39, 0.29) is 64.6 Å². The number of benzene rings is 2. The molecule has 2 aromatic carbocycles. The van der Waals surface area contributed by atoms with Crippen molar-refractivity contribution in [1.29, 1.82) is 0 Å². The van der Waals surface area contributed by atoms with Crippen LogP contribution in [0.3, 0.4) is 0 Å². The number of alkyl carbamates (subject to hydrolysis) is 3. The van der Waals surface area contributed by atoms with E-state index in [1.165, 1.54) is 42.7 Å². The molecule has 5 amide bonds. The lowest BCUT2D eigenvalue weighted by atomic mass is 10.2. The number of rotatable bonds is 20. The molecule has 5 unspecified atom stereocenters. The molecule has 142 heavy (non-hydrogen) atoms. The van der Waals surface area contributed by atoms with Crippen molar-refractivity contribution in [3.63, 3.8) is 0 Å². The Balaban J connectivity index is 0.000000188. The topological polar surface area (TPSA) is 465 Å². The summed E-state index contributed by atoms with van der Waals surface area (Å²) in [4.78, 5) is 126. The lowest BCUT2D eigenvalue weighted by Gasteiger charge is -2.22. The number of halogens is 9. The molecule has 5 aliphatic heterocycles. The Hall–Kier alpha value is -14.2. The number of alkyl halides is 6. The Morgan fingerprint density at radius 3 is 1.13 bits per heavy atom. The first-order valence-electron chi connectivity index (χ1n) is 44.7. The number of aliphatic hydroxyl groups is 1. The number of aliphatic imine (C=N–C) groups is 1. The molecule has 9 N–H and O–H groups in total. The van der Waals surface area contributed by atoms with Gasteiger partial charge in [-0.1, -0.05) is 46.9 Å². The second-order valence-corrected chi connectivity index (χ2v) is 35.7. The number of nitrogens with two attached hydrogens (primary N) is 1. The van der Waals surface area contributed by atoms with Gasteiger partial charge in [-0.25, -0.2) is 73.8 Å². The second-order valence-electron chi connectivity index (χ2n) is 34.7. The Morgan fingerprint density at radius 1 is 0.430 bits per heavy atom. The highest BCUT2D eigenvalue weighted by Crippen LogP contribution is 2.35. The average molecular weight is 2030 g/mol. The number of carbonyl (C=O) groups excluding carboxylic acids is 5. The van der Waals surface area contributed by atoms with Gasteiger partial charge in [0.25, 0.3) is 17.6 Å². The van der Waals surface area contributed by atoms with Gasteiger partial charge in [-0.2, -0.15) is 31.3 Å². The molecule has 16 rings (SSSR count). The van der Waals surface area contributed by atoms with Crippen molar-refractivity contribution >= 4 is 99.8 Å². The van der Waals surface area contributed by atoms with Crippen LogP contribution < -0.4 is 71.4 Å². The van der Waals surface area contributed by atoms with E-state index in [1.807, 2.05) is 109 Å². The average Bonchev–Trinajstić information content (AvgIpc) is 1.69. The summed E-state index contributed by atoms with van der Waals surface area (Å²) in [6, 6.07) is 23.2. The quantitative estimate of drug-likeness (QED) is 0.0152. The van der Waals surface area contributed by atoms with Gasteiger partial charge in [0.1, 0.15) is 36.6 Å². The monoisotopic (exact) mass is 2030 g/mol. The zero-order chi connectivity index (χ0) is 103. The lowest BCUT2D eigenvalue weighted by Crippen LogP contribution is -2.40. The summed E-state index contributed by atoms with van der Waals surface area (Å²) in [5.74, 6) is 4.08. The summed E-state index contributed by atoms with van der Waals surface area (Å²) in [6.45, 7) is 25.3. The third-order valence-electron chi connectivity index (χ3n) is 19.8. The zero-order valence-electron chi connectivity index (χ0n) is 79.4. The molecule has 0 bridgehead atoms. The smallest absolute Gasteiger partial charge is 0.416 e. The predicted molar refractivity (Wildman–Crippen MR) is 520 cm³/mol. The van der Waals surface area contributed by atoms with Crippen LogP contribution in [-0.4, -0.2) is 218 Å². The summed E-state index contributed by atoms with van der Waals surface area (Å²) in [5.41, 5.74) is 6.79. The number of aliphatic hydroxyl groups excluding tert-OH is 1. The maximum Gasteiger partial charge on any atom is 0.416 e. The fraction of sp³-hybridized carbons (Fsp3) is 0.400. The first kappa shape index (κ1) is 111. The first-order valence-corrected chi connectivity index (χ1v) is 45.9. The minimum atomic E-state index is -4.48. The standard InChI is InChI=1S/C22H21F3N6O2.C19H25N5O3.C14H17N5O.C13H19ClN4O2.C9H18N2O2.C8H4F3NO.C6H7NO.C4H2Cl2N2/c23-22(24,25)16-2-1-3-17(12-16)29-21(32)30-18-6-11-31(13-18)19-20(28-10-9-27-19)33-14-15-4-7-26-8-5-15;1-19(2,3)27-18(25)23-15-6-11-24(12-15)16-17(22-10-9-21-16)26-13-14-4-7-20-8-5-14;15-12-3-8-19(9-12)13-14(18-7-6-17-13)20-10-11-1-4-16-5-2-11;1-13(2,3)20-12(19)17-9-4-7-18(8-9)11-10(14)15-5-6-16-11;1-9(2,3)13-8(12)11-7-4-5-10-6-7;9-8(10,11)6-2-1-3-7(4-6)12-5-13;8-5-6-1-3-7-4-2-6;5-3-4(6)8-2-1-7-3/h1-5,7-10,12,18H,6,11,13-14H2,(H2,29,30,32);4-5,7-10,15H,6,11-13H2,1-3H3,(H,23,25);1-2,4-7,12H,3,8-10,15H2;5-6,9H,4,7-8H2,1-3H3,(H,17,19);7,10H,4-6H2,1-3H3,(H,11,12);1-4H;1-4,8H,5H2;1-2H. The van der Waals surface area contributed by atoms with Gasteiger partial charge in [0.2, 0.25) is 6.08 Å². The largest absolute Gasteiger partial charge is 0.470 e. The molecule has 758 valence electrons. The molecule has 0 saturated carbocycles. The summed E-state index contributed by atoms with van der Waals surface area (Å²) >= 11 is 16.8. The maximum absolute atomic E-state index is 12.9. The van der Waals surface area contributed by atoms with E-state index in [4.69, 9.17) is 74.1 Å². The number of nitrogens with zero attached hydrogens (tertiary/aromatic N) is 19. The molecule has 5 atom stereocenters. The highest BCUT2D eigenvalue weighted by atomic mass is 35.5. The van der Waals surface area contributed by atoms with Crippen LogP contribution in [0.1, 0.15) is 128 Å². The van der Waals surface area contributed by atoms with Crippen molar-refractivity contribution in [2.45, 2.75) is 180 Å². The van der Waals surface area contributed by atoms with E-state index in [9.17, 15) is 50.3 Å². The van der Waals surface area contributed by atoms with Crippen LogP contribution in [0.5, 0.6) is 17.6 Å². The van der Waals surface area contributed by atoms with Crippen molar-refractivity contribution in [1.82, 2.24) is 96.4 Å². The molecular formula is C95H113Cl3F6N26O12. The predicted octanol–water partition coefficient (Wildman–Crippen LogP) is 15.5. The molecular weight excluding hydrogens is 1920 g/mol. The number of ether oxygens (including phenoxy) is 6. The van der Waals surface area contributed by atoms with Crippen molar-refractivity contribution < 1.29 is 83.8 Å². The third-order valence-corrected chi connectivity index (χ3v) is 20.8. The minimum absolute atomic E-state index is 0.00472. The van der Waals surface area contributed by atoms with Gasteiger partial charge in [-0.3, -0.25) is 19.9 Å². The van der Waals surface area contributed by atoms with Crippen molar-refractivity contribution in [3.8, 4) is 17.6 Å². The number of urea groups is 1. The van der Waals surface area contributed by atoms with Crippen LogP contribution in [0.25, 0.3) is 0 Å². The van der Waals surface area contributed by atoms with Gasteiger partial charge in [0.05, 0.1) is 35.5 Å². The van der Waals surface area contributed by atoms with E-state index >= 15 is 0 Å². The Bertz CT molecular complexity index is 5740. The number of amides is 5. The summed E-state index contributed by atoms with van der Waals surface area (Å²) in [6.07, 6.45) is 24.8. The van der Waals surface area contributed by atoms with E-state index in [1.54, 1.807) is 111 Å². The van der Waals surface area contributed by atoms with Crippen LogP contribution in [0, 0.1) is 0 Å². The van der Waals surface area contributed by atoms with Gasteiger partial charge >= 0.3 is 36.7 Å². The van der Waals surface area contributed by atoms with Crippen molar-refractivity contribution in [2.24, 2.45) is 10.7 Å². The molecule has 0 radical (unpaired) electrons. The van der Waals surface area contributed by atoms with Gasteiger partial charge in [-0.15, -0.1) is 0 Å². The number of hydrogen-bond donors (Lipinski definition) is 8. The normalized spacial score (nSPS) is 16.2. The molecule has 5 aliphatic rings. The molecule has 47 heteroatoms. The highest BCUT2D eigenvalue weighted by Gasteiger charge is 2.35. The van der Waals surface area contributed by atoms with E-state index in [0.717, 1.165) is 117 Å². The maximum atomic E-state index is 12.9. The Kier molecular flexibility index (Phi) is 43.7. The number of anilines is 5. The fourth-order valence-corrected chi connectivity index (χ4v) is 13.9. The zero-order valence-corrected chi connectivity index (χ0v) is 81.6. The molecule has 14 heterocycles. The highest BCUT2D eigenvalue weighted by molar-refractivity contribution is 6.40. The number of carbonyl (C=O) groups is 4. The Morgan fingerprint density at radius 2 is 0.775 bits per heavy atom. The molecule has 0 aliphatic carbocycles. The molecule has 0 spiro atoms. The summed E-state index contributed by atoms with van der Waals surface area (Å²) in [5, 5.41) is 26.4.